The number of carbonyl (C=O) groups is 1. The second kappa shape index (κ2) is 4.29. The number of nitrogens with two attached hydrogens (primary N) is 1. The molecule has 0 unspecified atom stereocenters. The topological polar surface area (TPSA) is 104 Å². The third-order valence-corrected chi connectivity index (χ3v) is 2.52. The van der Waals surface area contributed by atoms with E-state index in [0.29, 0.717) is 5.56 Å². The molecule has 0 bridgehead atoms. The van der Waals surface area contributed by atoms with Crippen molar-refractivity contribution in [2.75, 3.05) is 0 Å². The summed E-state index contributed by atoms with van der Waals surface area (Å²) < 4.78 is 0. The molecule has 0 saturated heterocycles. The largest absolute Gasteiger partial charge is 0.508 e. The normalized spacial score (nSPS) is 10.2. The van der Waals surface area contributed by atoms with Crippen LogP contribution in [0.4, 0.5) is 0 Å². The van der Waals surface area contributed by atoms with Crippen molar-refractivity contribution in [3.05, 3.63) is 42.0 Å². The summed E-state index contributed by atoms with van der Waals surface area (Å²) in [5.74, 6) is -1.19. The Kier molecular flexibility index (Phi) is 2.81. The average molecular weight is 245 g/mol. The van der Waals surface area contributed by atoms with Gasteiger partial charge in [0, 0.05) is 11.6 Å². The average Bonchev–Trinajstić information content (AvgIpc) is 2.29. The number of aromatic hydroxyl groups is 3. The van der Waals surface area contributed by atoms with E-state index in [9.17, 15) is 20.1 Å². The molecule has 18 heavy (non-hydrogen) atoms. The van der Waals surface area contributed by atoms with E-state index in [1.165, 1.54) is 30.3 Å². The zero-order valence-corrected chi connectivity index (χ0v) is 9.29. The molecule has 2 aromatic carbocycles. The predicted molar refractivity (Wildman–Crippen MR) is 65.4 cm³/mol. The van der Waals surface area contributed by atoms with Crippen LogP contribution in [0.1, 0.15) is 10.4 Å². The smallest absolute Gasteiger partial charge is 0.249 e. The third kappa shape index (κ3) is 2.06. The van der Waals surface area contributed by atoms with E-state index in [1.807, 2.05) is 0 Å². The first-order valence-electron chi connectivity index (χ1n) is 5.14. The molecule has 5 N–H and O–H groups in total. The Labute approximate surface area is 103 Å². The van der Waals surface area contributed by atoms with Crippen molar-refractivity contribution in [1.82, 2.24) is 0 Å². The Morgan fingerprint density at radius 1 is 0.944 bits per heavy atom. The first-order valence-corrected chi connectivity index (χ1v) is 5.14. The van der Waals surface area contributed by atoms with Crippen LogP contribution in [0.5, 0.6) is 17.2 Å². The minimum Gasteiger partial charge on any atom is -0.508 e. The molecule has 0 aliphatic heterocycles. The van der Waals surface area contributed by atoms with E-state index >= 15 is 0 Å². The second-order valence-electron chi connectivity index (χ2n) is 3.80. The zero-order chi connectivity index (χ0) is 13.3. The molecule has 2 rings (SSSR count). The lowest BCUT2D eigenvalue weighted by atomic mass is 9.97. The first-order chi connectivity index (χ1) is 8.49. The lowest BCUT2D eigenvalue weighted by molar-refractivity contribution is 0.1000. The van der Waals surface area contributed by atoms with Gasteiger partial charge in [0.25, 0.3) is 0 Å². The number of phenolic OH excluding ortho intramolecular Hbond substituents is 3. The van der Waals surface area contributed by atoms with E-state index in [4.69, 9.17) is 5.73 Å². The first kappa shape index (κ1) is 11.8. The highest BCUT2D eigenvalue weighted by Gasteiger charge is 2.16. The van der Waals surface area contributed by atoms with Crippen LogP contribution in [-0.2, 0) is 0 Å². The SMILES string of the molecule is NC(=O)c1cc(O)cc(O)c1-c1ccc(O)cc1. The standard InChI is InChI=1S/C13H11NO4/c14-13(18)10-5-9(16)6-11(17)12(10)7-1-3-8(15)4-2-7/h1-6,15-17H,(H2,14,18). The van der Waals surface area contributed by atoms with Crippen molar-refractivity contribution < 1.29 is 20.1 Å². The number of rotatable bonds is 2. The molecule has 0 saturated carbocycles. The summed E-state index contributed by atoms with van der Waals surface area (Å²) >= 11 is 0. The van der Waals surface area contributed by atoms with E-state index in [0.717, 1.165) is 6.07 Å². The maximum absolute atomic E-state index is 11.3. The van der Waals surface area contributed by atoms with Gasteiger partial charge in [0.05, 0.1) is 5.56 Å². The van der Waals surface area contributed by atoms with Gasteiger partial charge in [0.1, 0.15) is 17.2 Å². The summed E-state index contributed by atoms with van der Waals surface area (Å²) in [6.45, 7) is 0. The van der Waals surface area contributed by atoms with Gasteiger partial charge in [0.2, 0.25) is 5.91 Å². The van der Waals surface area contributed by atoms with Crippen LogP contribution in [0.25, 0.3) is 11.1 Å². The van der Waals surface area contributed by atoms with Crippen molar-refractivity contribution in [3.8, 4) is 28.4 Å². The fraction of sp³-hybridized carbons (Fsp3) is 0. The Morgan fingerprint density at radius 3 is 2.11 bits per heavy atom. The van der Waals surface area contributed by atoms with Crippen molar-refractivity contribution in [2.24, 2.45) is 5.73 Å². The highest BCUT2D eigenvalue weighted by molar-refractivity contribution is 6.01. The van der Waals surface area contributed by atoms with Gasteiger partial charge in [-0.1, -0.05) is 12.1 Å². The van der Waals surface area contributed by atoms with Gasteiger partial charge in [-0.15, -0.1) is 0 Å². The van der Waals surface area contributed by atoms with Gasteiger partial charge in [0.15, 0.2) is 0 Å². The van der Waals surface area contributed by atoms with E-state index in [1.54, 1.807) is 0 Å². The molecule has 0 aliphatic carbocycles. The van der Waals surface area contributed by atoms with Crippen LogP contribution in [-0.4, -0.2) is 21.2 Å². The number of phenols is 3. The molecule has 0 radical (unpaired) electrons. The highest BCUT2D eigenvalue weighted by atomic mass is 16.3. The van der Waals surface area contributed by atoms with Crippen LogP contribution in [0.2, 0.25) is 0 Å². The molecule has 92 valence electrons. The Bertz CT molecular complexity index is 605. The predicted octanol–water partition coefficient (Wildman–Crippen LogP) is 1.57. The summed E-state index contributed by atoms with van der Waals surface area (Å²) in [5, 5.41) is 28.4. The van der Waals surface area contributed by atoms with E-state index in [-0.39, 0.29) is 28.4 Å². The number of benzene rings is 2. The molecule has 5 heteroatoms. The van der Waals surface area contributed by atoms with Crippen molar-refractivity contribution >= 4 is 5.91 Å². The van der Waals surface area contributed by atoms with Crippen LogP contribution < -0.4 is 5.73 Å². The molecular formula is C13H11NO4. The Hall–Kier alpha value is -2.69. The van der Waals surface area contributed by atoms with E-state index < -0.39 is 5.91 Å². The molecule has 0 spiro atoms. The third-order valence-electron chi connectivity index (χ3n) is 2.52. The molecule has 0 atom stereocenters. The summed E-state index contributed by atoms with van der Waals surface area (Å²) in [4.78, 5) is 11.3. The van der Waals surface area contributed by atoms with Gasteiger partial charge in [-0.25, -0.2) is 0 Å². The van der Waals surface area contributed by atoms with Crippen molar-refractivity contribution in [2.45, 2.75) is 0 Å². The lowest BCUT2D eigenvalue weighted by Crippen LogP contribution is -2.12. The maximum Gasteiger partial charge on any atom is 0.249 e. The summed E-state index contributed by atoms with van der Waals surface area (Å²) in [5.41, 5.74) is 5.96. The number of amides is 1. The molecule has 0 aliphatic rings. The summed E-state index contributed by atoms with van der Waals surface area (Å²) in [6, 6.07) is 8.22. The van der Waals surface area contributed by atoms with E-state index in [2.05, 4.69) is 0 Å². The monoisotopic (exact) mass is 245 g/mol. The summed E-state index contributed by atoms with van der Waals surface area (Å²) in [7, 11) is 0. The summed E-state index contributed by atoms with van der Waals surface area (Å²) in [6.07, 6.45) is 0. The van der Waals surface area contributed by atoms with Crippen LogP contribution in [0, 0.1) is 0 Å². The number of primary amides is 1. The minimum absolute atomic E-state index is 0.0122. The molecular weight excluding hydrogens is 234 g/mol. The van der Waals surface area contributed by atoms with Gasteiger partial charge in [-0.3, -0.25) is 4.79 Å². The highest BCUT2D eigenvalue weighted by Crippen LogP contribution is 2.36. The fourth-order valence-electron chi connectivity index (χ4n) is 1.74. The van der Waals surface area contributed by atoms with Gasteiger partial charge in [-0.2, -0.15) is 0 Å². The van der Waals surface area contributed by atoms with Gasteiger partial charge >= 0.3 is 0 Å². The minimum atomic E-state index is -0.760. The van der Waals surface area contributed by atoms with Crippen LogP contribution in [0.15, 0.2) is 36.4 Å². The number of hydrogen-bond acceptors (Lipinski definition) is 4. The zero-order valence-electron chi connectivity index (χ0n) is 9.29. The lowest BCUT2D eigenvalue weighted by Gasteiger charge is -2.10. The van der Waals surface area contributed by atoms with Crippen molar-refractivity contribution in [3.63, 3.8) is 0 Å². The molecule has 0 heterocycles. The van der Waals surface area contributed by atoms with Gasteiger partial charge in [-0.05, 0) is 23.8 Å². The fourth-order valence-corrected chi connectivity index (χ4v) is 1.74. The molecule has 2 aromatic rings. The second-order valence-corrected chi connectivity index (χ2v) is 3.80. The van der Waals surface area contributed by atoms with Crippen LogP contribution >= 0.6 is 0 Å². The quantitative estimate of drug-likeness (QED) is 0.644. The Balaban J connectivity index is 2.69. The Morgan fingerprint density at radius 2 is 1.56 bits per heavy atom. The molecule has 0 fully saturated rings. The number of carbonyl (C=O) groups excluding carboxylic acids is 1. The molecule has 1 amide bonds. The molecule has 0 aromatic heterocycles. The van der Waals surface area contributed by atoms with Crippen molar-refractivity contribution in [1.29, 1.82) is 0 Å². The maximum atomic E-state index is 11.3. The van der Waals surface area contributed by atoms with Crippen LogP contribution in [0.3, 0.4) is 0 Å². The molecule has 5 nitrogen and oxygen atoms in total. The number of hydrogen-bond donors (Lipinski definition) is 4. The van der Waals surface area contributed by atoms with Gasteiger partial charge < -0.3 is 21.1 Å².